The Morgan fingerprint density at radius 1 is 1.00 bits per heavy atom. The lowest BCUT2D eigenvalue weighted by Crippen LogP contribution is -2.50. The summed E-state index contributed by atoms with van der Waals surface area (Å²) in [6.45, 7) is 9.66. The van der Waals surface area contributed by atoms with Crippen LogP contribution in [0.5, 0.6) is 5.75 Å². The van der Waals surface area contributed by atoms with E-state index < -0.39 is 11.6 Å². The highest BCUT2D eigenvalue weighted by Gasteiger charge is 2.35. The van der Waals surface area contributed by atoms with Crippen molar-refractivity contribution >= 4 is 28.5 Å². The second-order valence-corrected chi connectivity index (χ2v) is 10.2. The van der Waals surface area contributed by atoms with Crippen molar-refractivity contribution in [1.82, 2.24) is 20.3 Å². The molecule has 0 aliphatic carbocycles. The van der Waals surface area contributed by atoms with Crippen LogP contribution in [-0.4, -0.2) is 39.5 Å². The first-order valence-electron chi connectivity index (χ1n) is 12.2. The summed E-state index contributed by atoms with van der Waals surface area (Å²) in [7, 11) is 1.57. The maximum absolute atomic E-state index is 14.1. The summed E-state index contributed by atoms with van der Waals surface area (Å²) >= 11 is 0. The maximum Gasteiger partial charge on any atom is 0.249 e. The van der Waals surface area contributed by atoms with E-state index in [2.05, 4.69) is 15.6 Å². The smallest absolute Gasteiger partial charge is 0.249 e. The zero-order chi connectivity index (χ0) is 26.7. The number of methoxy groups -OCH3 is 1. The van der Waals surface area contributed by atoms with E-state index in [9.17, 15) is 9.59 Å². The highest BCUT2D eigenvalue weighted by Crippen LogP contribution is 2.32. The summed E-state index contributed by atoms with van der Waals surface area (Å²) in [4.78, 5) is 29.5. The molecule has 0 aliphatic rings. The number of benzene rings is 3. The Kier molecular flexibility index (Phi) is 7.29. The van der Waals surface area contributed by atoms with Crippen LogP contribution in [0.1, 0.15) is 43.5 Å². The van der Waals surface area contributed by atoms with Gasteiger partial charge < -0.3 is 10.1 Å². The van der Waals surface area contributed by atoms with Crippen molar-refractivity contribution in [2.75, 3.05) is 12.0 Å². The molecular weight excluding hydrogens is 466 g/mol. The molecule has 1 heterocycles. The molecule has 0 radical (unpaired) electrons. The van der Waals surface area contributed by atoms with Gasteiger partial charge in [0.25, 0.3) is 0 Å². The van der Waals surface area contributed by atoms with Crippen LogP contribution in [0.3, 0.4) is 0 Å². The number of aromatic nitrogens is 3. The number of fused-ring (bicyclic) bond motifs is 1. The predicted molar refractivity (Wildman–Crippen MR) is 145 cm³/mol. The minimum atomic E-state index is -0.946. The van der Waals surface area contributed by atoms with Crippen LogP contribution in [-0.2, 0) is 16.1 Å². The number of amides is 2. The number of hydrogen-bond acceptors (Lipinski definition) is 5. The highest BCUT2D eigenvalue weighted by atomic mass is 16.5. The molecule has 4 rings (SSSR count). The Balaban J connectivity index is 1.86. The number of hydrogen-bond donors (Lipinski definition) is 1. The lowest BCUT2D eigenvalue weighted by Gasteiger charge is -2.34. The van der Waals surface area contributed by atoms with E-state index in [1.54, 1.807) is 22.8 Å². The van der Waals surface area contributed by atoms with Gasteiger partial charge >= 0.3 is 0 Å². The van der Waals surface area contributed by atoms with Crippen molar-refractivity contribution in [2.24, 2.45) is 0 Å². The summed E-state index contributed by atoms with van der Waals surface area (Å²) in [5, 5.41) is 11.5. The fourth-order valence-corrected chi connectivity index (χ4v) is 4.22. The Morgan fingerprint density at radius 3 is 2.46 bits per heavy atom. The van der Waals surface area contributed by atoms with Crippen LogP contribution < -0.4 is 15.0 Å². The quantitative estimate of drug-likeness (QED) is 0.397. The van der Waals surface area contributed by atoms with E-state index in [0.29, 0.717) is 22.5 Å². The van der Waals surface area contributed by atoms with E-state index in [0.717, 1.165) is 16.6 Å². The fraction of sp³-hybridized carbons (Fsp3) is 0.310. The van der Waals surface area contributed by atoms with Crippen LogP contribution in [0.25, 0.3) is 11.0 Å². The number of anilines is 1. The van der Waals surface area contributed by atoms with E-state index in [-0.39, 0.29) is 18.4 Å². The number of nitrogens with zero attached hydrogens (tertiary/aromatic N) is 4. The van der Waals surface area contributed by atoms with E-state index >= 15 is 0 Å². The van der Waals surface area contributed by atoms with Gasteiger partial charge in [0.1, 0.15) is 23.9 Å². The van der Waals surface area contributed by atoms with Crippen LogP contribution in [0, 0.1) is 13.8 Å². The number of carbonyl (C=O) groups excluding carboxylic acids is 2. The van der Waals surface area contributed by atoms with E-state index in [1.165, 1.54) is 0 Å². The molecule has 0 unspecified atom stereocenters. The Morgan fingerprint density at radius 2 is 1.76 bits per heavy atom. The molecule has 8 nitrogen and oxygen atoms in total. The standard InChI is InChI=1S/C29H33N5O3/c1-19-14-15-22(16-20(19)2)34(26(35)18-33-25-13-8-7-12-24(25)31-32-33)27(28(36)30-29(3,4)5)21-10-9-11-23(17-21)37-6/h7-17,27H,18H2,1-6H3,(H,30,36)/t27-/m1/s1. The summed E-state index contributed by atoms with van der Waals surface area (Å²) in [6, 6.07) is 19.5. The minimum absolute atomic E-state index is 0.0866. The van der Waals surface area contributed by atoms with Crippen LogP contribution in [0.15, 0.2) is 66.7 Å². The third-order valence-electron chi connectivity index (χ3n) is 6.16. The van der Waals surface area contributed by atoms with Crippen molar-refractivity contribution in [3.63, 3.8) is 0 Å². The zero-order valence-electron chi connectivity index (χ0n) is 22.1. The van der Waals surface area contributed by atoms with Gasteiger partial charge in [-0.25, -0.2) is 4.68 Å². The van der Waals surface area contributed by atoms with Gasteiger partial charge in [-0.15, -0.1) is 5.10 Å². The SMILES string of the molecule is COc1cccc([C@H](C(=O)NC(C)(C)C)N(C(=O)Cn2nnc3ccccc32)c2ccc(C)c(C)c2)c1. The number of aryl methyl sites for hydroxylation is 2. The summed E-state index contributed by atoms with van der Waals surface area (Å²) in [6.07, 6.45) is 0. The lowest BCUT2D eigenvalue weighted by atomic mass is 9.99. The Labute approximate surface area is 217 Å². The molecule has 1 atom stereocenters. The number of ether oxygens (including phenoxy) is 1. The zero-order valence-corrected chi connectivity index (χ0v) is 22.1. The van der Waals surface area contributed by atoms with E-state index in [1.807, 2.05) is 95.3 Å². The fourth-order valence-electron chi connectivity index (χ4n) is 4.22. The maximum atomic E-state index is 14.1. The molecule has 0 fully saturated rings. The third kappa shape index (κ3) is 5.80. The topological polar surface area (TPSA) is 89.4 Å². The molecule has 3 aromatic carbocycles. The molecule has 0 bridgehead atoms. The van der Waals surface area contributed by atoms with Crippen LogP contribution >= 0.6 is 0 Å². The average molecular weight is 500 g/mol. The Bertz CT molecular complexity index is 1440. The van der Waals surface area contributed by atoms with Crippen LogP contribution in [0.2, 0.25) is 0 Å². The van der Waals surface area contributed by atoms with Gasteiger partial charge in [-0.05, 0) is 87.7 Å². The van der Waals surface area contributed by atoms with Gasteiger partial charge in [0.05, 0.1) is 12.6 Å². The molecule has 1 aromatic heterocycles. The summed E-state index contributed by atoms with van der Waals surface area (Å²) < 4.78 is 7.01. The molecule has 192 valence electrons. The second kappa shape index (κ2) is 10.4. The molecule has 0 spiro atoms. The summed E-state index contributed by atoms with van der Waals surface area (Å²) in [5.41, 5.74) is 4.30. The van der Waals surface area contributed by atoms with Gasteiger partial charge in [0.2, 0.25) is 11.8 Å². The molecular formula is C29H33N5O3. The van der Waals surface area contributed by atoms with Gasteiger partial charge in [0.15, 0.2) is 0 Å². The third-order valence-corrected chi connectivity index (χ3v) is 6.16. The number of para-hydroxylation sites is 1. The molecule has 2 amide bonds. The van der Waals surface area contributed by atoms with Gasteiger partial charge in [0, 0.05) is 11.2 Å². The number of nitrogens with one attached hydrogen (secondary N) is 1. The largest absolute Gasteiger partial charge is 0.497 e. The molecule has 0 saturated carbocycles. The average Bonchev–Trinajstić information content (AvgIpc) is 3.25. The molecule has 8 heteroatoms. The first-order valence-corrected chi connectivity index (χ1v) is 12.2. The molecule has 0 aliphatic heterocycles. The first kappa shape index (κ1) is 25.9. The van der Waals surface area contributed by atoms with Crippen molar-refractivity contribution in [3.8, 4) is 5.75 Å². The molecule has 1 N–H and O–H groups in total. The monoisotopic (exact) mass is 499 g/mol. The first-order chi connectivity index (χ1) is 17.6. The van der Waals surface area contributed by atoms with Gasteiger partial charge in [-0.3, -0.25) is 14.5 Å². The van der Waals surface area contributed by atoms with Crippen LogP contribution in [0.4, 0.5) is 5.69 Å². The normalized spacial score (nSPS) is 12.3. The Hall–Kier alpha value is -4.20. The second-order valence-electron chi connectivity index (χ2n) is 10.2. The van der Waals surface area contributed by atoms with Crippen molar-refractivity contribution in [3.05, 3.63) is 83.4 Å². The highest BCUT2D eigenvalue weighted by molar-refractivity contribution is 6.01. The predicted octanol–water partition coefficient (Wildman–Crippen LogP) is 4.75. The lowest BCUT2D eigenvalue weighted by molar-refractivity contribution is -0.128. The van der Waals surface area contributed by atoms with Crippen molar-refractivity contribution in [2.45, 2.75) is 52.7 Å². The molecule has 0 saturated heterocycles. The molecule has 37 heavy (non-hydrogen) atoms. The molecule has 4 aromatic rings. The van der Waals surface area contributed by atoms with Gasteiger partial charge in [-0.1, -0.05) is 35.5 Å². The number of rotatable bonds is 7. The van der Waals surface area contributed by atoms with Gasteiger partial charge in [-0.2, -0.15) is 0 Å². The number of carbonyl (C=O) groups is 2. The van der Waals surface area contributed by atoms with Crippen molar-refractivity contribution < 1.29 is 14.3 Å². The minimum Gasteiger partial charge on any atom is -0.497 e. The van der Waals surface area contributed by atoms with Crippen molar-refractivity contribution in [1.29, 1.82) is 0 Å². The summed E-state index contributed by atoms with van der Waals surface area (Å²) in [5.74, 6) is 0.00683. The van der Waals surface area contributed by atoms with E-state index in [4.69, 9.17) is 4.74 Å².